The molecule has 0 aliphatic rings. The number of hydrogen-bond acceptors (Lipinski definition) is 3. The number of sulfonamides is 1. The molecule has 4 nitrogen and oxygen atoms in total. The van der Waals surface area contributed by atoms with Crippen LogP contribution in [0.25, 0.3) is 6.08 Å². The van der Waals surface area contributed by atoms with Gasteiger partial charge >= 0.3 is 0 Å². The van der Waals surface area contributed by atoms with E-state index < -0.39 is 10.0 Å². The van der Waals surface area contributed by atoms with Gasteiger partial charge in [0.1, 0.15) is 4.90 Å². The molecule has 0 atom stereocenters. The molecule has 0 radical (unpaired) electrons. The van der Waals surface area contributed by atoms with Gasteiger partial charge in [0.15, 0.2) is 0 Å². The summed E-state index contributed by atoms with van der Waals surface area (Å²) in [6.45, 7) is -0.0887. The summed E-state index contributed by atoms with van der Waals surface area (Å²) in [6.07, 6.45) is 3.14. The summed E-state index contributed by atoms with van der Waals surface area (Å²) in [6, 6.07) is 4.35. The number of aliphatic hydroxyl groups excluding tert-OH is 1. The van der Waals surface area contributed by atoms with Crippen molar-refractivity contribution in [3.05, 3.63) is 34.9 Å². The molecule has 0 bridgehead atoms. The van der Waals surface area contributed by atoms with Crippen molar-refractivity contribution in [2.24, 2.45) is 5.14 Å². The van der Waals surface area contributed by atoms with Crippen LogP contribution in [-0.4, -0.2) is 20.1 Å². The molecule has 6 heteroatoms. The van der Waals surface area contributed by atoms with Crippen molar-refractivity contribution >= 4 is 27.7 Å². The lowest BCUT2D eigenvalue weighted by Crippen LogP contribution is -2.12. The fourth-order valence-corrected chi connectivity index (χ4v) is 2.14. The standard InChI is InChI=1S/C9H10ClNO3S/c10-8-6-7(2-1-5-12)3-4-9(8)15(11,13)14/h1-4,6,12H,5H2,(H2,11,13,14). The summed E-state index contributed by atoms with van der Waals surface area (Å²) in [5, 5.41) is 13.5. The predicted octanol–water partition coefficient (Wildman–Crippen LogP) is 0.993. The van der Waals surface area contributed by atoms with E-state index in [-0.39, 0.29) is 16.5 Å². The van der Waals surface area contributed by atoms with Crippen LogP contribution >= 0.6 is 11.6 Å². The number of benzene rings is 1. The normalized spacial score (nSPS) is 12.2. The first-order valence-corrected chi connectivity index (χ1v) is 5.97. The van der Waals surface area contributed by atoms with Crippen molar-refractivity contribution in [2.45, 2.75) is 4.90 Å². The molecule has 0 unspecified atom stereocenters. The maximum atomic E-state index is 11.0. The van der Waals surface area contributed by atoms with Gasteiger partial charge in [0.25, 0.3) is 0 Å². The van der Waals surface area contributed by atoms with Crippen molar-refractivity contribution < 1.29 is 13.5 Å². The summed E-state index contributed by atoms with van der Waals surface area (Å²) in [5.74, 6) is 0. The summed E-state index contributed by atoms with van der Waals surface area (Å²) in [7, 11) is -3.78. The molecule has 0 fully saturated rings. The lowest BCUT2D eigenvalue weighted by molar-refractivity contribution is 0.343. The molecule has 82 valence electrons. The molecule has 0 amide bonds. The Hall–Kier alpha value is -0.880. The number of aliphatic hydroxyl groups is 1. The molecular formula is C9H10ClNO3S. The molecule has 0 spiro atoms. The fourth-order valence-electron chi connectivity index (χ4n) is 1.04. The molecule has 1 rings (SSSR count). The van der Waals surface area contributed by atoms with Crippen molar-refractivity contribution in [3.63, 3.8) is 0 Å². The van der Waals surface area contributed by atoms with Crippen molar-refractivity contribution in [2.75, 3.05) is 6.61 Å². The minimum atomic E-state index is -3.78. The molecule has 0 saturated heterocycles. The Morgan fingerprint density at radius 2 is 2.13 bits per heavy atom. The van der Waals surface area contributed by atoms with Gasteiger partial charge in [-0.25, -0.2) is 13.6 Å². The Morgan fingerprint density at radius 1 is 1.47 bits per heavy atom. The molecule has 15 heavy (non-hydrogen) atoms. The number of nitrogens with two attached hydrogens (primary N) is 1. The van der Waals surface area contributed by atoms with E-state index in [4.69, 9.17) is 21.8 Å². The Bertz CT molecular complexity index is 482. The smallest absolute Gasteiger partial charge is 0.239 e. The van der Waals surface area contributed by atoms with E-state index >= 15 is 0 Å². The lowest BCUT2D eigenvalue weighted by Gasteiger charge is -2.02. The van der Waals surface area contributed by atoms with E-state index in [1.807, 2.05) is 0 Å². The van der Waals surface area contributed by atoms with Crippen molar-refractivity contribution in [1.82, 2.24) is 0 Å². The molecule has 0 aromatic heterocycles. The Kier molecular flexibility index (Phi) is 3.87. The van der Waals surface area contributed by atoms with E-state index in [0.717, 1.165) is 0 Å². The van der Waals surface area contributed by atoms with Crippen LogP contribution in [0.15, 0.2) is 29.2 Å². The van der Waals surface area contributed by atoms with Gasteiger partial charge in [-0.3, -0.25) is 0 Å². The van der Waals surface area contributed by atoms with Gasteiger partial charge in [-0.1, -0.05) is 29.8 Å². The van der Waals surface area contributed by atoms with Gasteiger partial charge in [-0.2, -0.15) is 0 Å². The van der Waals surface area contributed by atoms with Gasteiger partial charge in [0.05, 0.1) is 11.6 Å². The number of hydrogen-bond donors (Lipinski definition) is 2. The summed E-state index contributed by atoms with van der Waals surface area (Å²) in [5.41, 5.74) is 0.696. The molecule has 0 aliphatic carbocycles. The monoisotopic (exact) mass is 247 g/mol. The second-order valence-corrected chi connectivity index (χ2v) is 4.76. The first kappa shape index (κ1) is 12.2. The van der Waals surface area contributed by atoms with Crippen LogP contribution in [0.3, 0.4) is 0 Å². The minimum Gasteiger partial charge on any atom is -0.392 e. The zero-order chi connectivity index (χ0) is 11.5. The van der Waals surface area contributed by atoms with E-state index in [1.54, 1.807) is 12.1 Å². The van der Waals surface area contributed by atoms with E-state index in [2.05, 4.69) is 0 Å². The molecule has 1 aromatic carbocycles. The molecule has 1 aromatic rings. The van der Waals surface area contributed by atoms with Gasteiger partial charge in [0, 0.05) is 0 Å². The van der Waals surface area contributed by atoms with Gasteiger partial charge in [0.2, 0.25) is 10.0 Å². The second-order valence-electron chi connectivity index (χ2n) is 2.82. The lowest BCUT2D eigenvalue weighted by atomic mass is 10.2. The van der Waals surface area contributed by atoms with Gasteiger partial charge in [-0.15, -0.1) is 0 Å². The molecule has 3 N–H and O–H groups in total. The highest BCUT2D eigenvalue weighted by Crippen LogP contribution is 2.21. The zero-order valence-corrected chi connectivity index (χ0v) is 9.29. The number of halogens is 1. The van der Waals surface area contributed by atoms with Crippen LogP contribution in [0.5, 0.6) is 0 Å². The van der Waals surface area contributed by atoms with Crippen LogP contribution in [0.1, 0.15) is 5.56 Å². The molecule has 0 aliphatic heterocycles. The van der Waals surface area contributed by atoms with Gasteiger partial charge in [-0.05, 0) is 17.7 Å². The van der Waals surface area contributed by atoms with Crippen LogP contribution < -0.4 is 5.14 Å². The Balaban J connectivity index is 3.15. The second kappa shape index (κ2) is 4.76. The fraction of sp³-hybridized carbons (Fsp3) is 0.111. The average Bonchev–Trinajstić information content (AvgIpc) is 2.12. The predicted molar refractivity (Wildman–Crippen MR) is 58.9 cm³/mol. The summed E-state index contributed by atoms with van der Waals surface area (Å²) >= 11 is 5.74. The van der Waals surface area contributed by atoms with E-state index in [9.17, 15) is 8.42 Å². The van der Waals surface area contributed by atoms with Gasteiger partial charge < -0.3 is 5.11 Å². The highest BCUT2D eigenvalue weighted by atomic mass is 35.5. The first-order valence-electron chi connectivity index (χ1n) is 4.05. The maximum absolute atomic E-state index is 11.0. The average molecular weight is 248 g/mol. The van der Waals surface area contributed by atoms with Crippen LogP contribution in [-0.2, 0) is 10.0 Å². The maximum Gasteiger partial charge on any atom is 0.239 e. The van der Waals surface area contributed by atoms with Crippen LogP contribution in [0.4, 0.5) is 0 Å². The highest BCUT2D eigenvalue weighted by molar-refractivity contribution is 7.89. The molecule has 0 heterocycles. The third kappa shape index (κ3) is 3.32. The quantitative estimate of drug-likeness (QED) is 0.836. The van der Waals surface area contributed by atoms with E-state index in [1.165, 1.54) is 18.2 Å². The third-order valence-corrected chi connectivity index (χ3v) is 3.07. The van der Waals surface area contributed by atoms with Crippen molar-refractivity contribution in [1.29, 1.82) is 0 Å². The molecular weight excluding hydrogens is 238 g/mol. The Morgan fingerprint density at radius 3 is 2.60 bits per heavy atom. The SMILES string of the molecule is NS(=O)(=O)c1ccc(C=CCO)cc1Cl. The largest absolute Gasteiger partial charge is 0.392 e. The zero-order valence-electron chi connectivity index (χ0n) is 7.72. The topological polar surface area (TPSA) is 80.4 Å². The first-order chi connectivity index (χ1) is 6.95. The summed E-state index contributed by atoms with van der Waals surface area (Å²) in [4.78, 5) is -0.106. The summed E-state index contributed by atoms with van der Waals surface area (Å²) < 4.78 is 22.0. The van der Waals surface area contributed by atoms with Crippen LogP contribution in [0.2, 0.25) is 5.02 Å². The Labute approximate surface area is 93.0 Å². The highest BCUT2D eigenvalue weighted by Gasteiger charge is 2.12. The van der Waals surface area contributed by atoms with Crippen molar-refractivity contribution in [3.8, 4) is 0 Å². The van der Waals surface area contributed by atoms with Crippen LogP contribution in [0, 0.1) is 0 Å². The molecule has 0 saturated carbocycles. The number of primary sulfonamides is 1. The minimum absolute atomic E-state index is 0.0672. The van der Waals surface area contributed by atoms with E-state index in [0.29, 0.717) is 5.56 Å². The third-order valence-electron chi connectivity index (χ3n) is 1.68. The number of rotatable bonds is 3.